The minimum Gasteiger partial charge on any atom is -0.394 e. The summed E-state index contributed by atoms with van der Waals surface area (Å²) < 4.78 is 13.1. The number of aliphatic hydroxyl groups is 1. The van der Waals surface area contributed by atoms with Crippen molar-refractivity contribution in [3.63, 3.8) is 0 Å². The molecule has 1 aliphatic heterocycles. The molecule has 1 amide bonds. The third-order valence-corrected chi connectivity index (χ3v) is 3.79. The lowest BCUT2D eigenvalue weighted by Gasteiger charge is -2.22. The molecule has 0 radical (unpaired) electrons. The number of carbonyl (C=O) groups is 1. The average molecular weight is 288 g/mol. The van der Waals surface area contributed by atoms with Gasteiger partial charge in [-0.3, -0.25) is 9.69 Å². The summed E-state index contributed by atoms with van der Waals surface area (Å²) in [5.41, 5.74) is 0. The first-order valence-electron chi connectivity index (χ1n) is 7.92. The fourth-order valence-corrected chi connectivity index (χ4v) is 2.60. The van der Waals surface area contributed by atoms with Crippen molar-refractivity contribution in [2.24, 2.45) is 0 Å². The number of carbonyl (C=O) groups excluding carboxylic acids is 1. The topological polar surface area (TPSA) is 52.6 Å². The second-order valence-electron chi connectivity index (χ2n) is 5.76. The van der Waals surface area contributed by atoms with Gasteiger partial charge in [-0.1, -0.05) is 32.6 Å². The van der Waals surface area contributed by atoms with Crippen LogP contribution < -0.4 is 5.32 Å². The lowest BCUT2D eigenvalue weighted by molar-refractivity contribution is -0.122. The Kier molecular flexibility index (Phi) is 8.78. The second-order valence-corrected chi connectivity index (χ2v) is 5.76. The highest BCUT2D eigenvalue weighted by atomic mass is 19.1. The molecular formula is C15H29FN2O2. The smallest absolute Gasteiger partial charge is 0.220 e. The van der Waals surface area contributed by atoms with Crippen molar-refractivity contribution in [1.29, 1.82) is 0 Å². The number of aliphatic hydroxyl groups excluding tert-OH is 1. The Hall–Kier alpha value is -0.680. The van der Waals surface area contributed by atoms with Crippen molar-refractivity contribution in [3.05, 3.63) is 0 Å². The number of halogens is 1. The van der Waals surface area contributed by atoms with E-state index in [-0.39, 0.29) is 18.6 Å². The molecule has 1 saturated heterocycles. The van der Waals surface area contributed by atoms with Crippen molar-refractivity contribution in [1.82, 2.24) is 10.2 Å². The molecule has 0 spiro atoms. The van der Waals surface area contributed by atoms with E-state index >= 15 is 0 Å². The van der Waals surface area contributed by atoms with Gasteiger partial charge in [-0.25, -0.2) is 4.39 Å². The van der Waals surface area contributed by atoms with Crippen LogP contribution in [0.1, 0.15) is 51.9 Å². The standard InChI is InChI=1S/C15H29FN2O2/c1-2-3-4-5-6-7-15(20)17-14(12-19)11-18-9-8-13(16)10-18/h13-14,19H,2-12H2,1H3,(H,17,20)/t13-,14-/m1/s1. The number of hydrogen-bond acceptors (Lipinski definition) is 3. The van der Waals surface area contributed by atoms with Crippen LogP contribution in [0.15, 0.2) is 0 Å². The van der Waals surface area contributed by atoms with E-state index in [0.29, 0.717) is 32.5 Å². The summed E-state index contributed by atoms with van der Waals surface area (Å²) in [4.78, 5) is 13.7. The van der Waals surface area contributed by atoms with Crippen LogP contribution in [-0.2, 0) is 4.79 Å². The van der Waals surface area contributed by atoms with E-state index in [1.807, 2.05) is 4.90 Å². The van der Waals surface area contributed by atoms with Gasteiger partial charge in [-0.15, -0.1) is 0 Å². The maximum atomic E-state index is 13.1. The highest BCUT2D eigenvalue weighted by Crippen LogP contribution is 2.12. The zero-order valence-electron chi connectivity index (χ0n) is 12.6. The molecular weight excluding hydrogens is 259 g/mol. The molecule has 1 fully saturated rings. The number of alkyl halides is 1. The van der Waals surface area contributed by atoms with Crippen LogP contribution in [-0.4, -0.2) is 54.4 Å². The SMILES string of the molecule is CCCCCCCC(=O)N[C@@H](CO)CN1CC[C@@H](F)C1. The van der Waals surface area contributed by atoms with Crippen molar-refractivity contribution in [2.45, 2.75) is 64.1 Å². The van der Waals surface area contributed by atoms with Gasteiger partial charge >= 0.3 is 0 Å². The first-order chi connectivity index (χ1) is 9.65. The number of amides is 1. The Morgan fingerprint density at radius 1 is 1.40 bits per heavy atom. The van der Waals surface area contributed by atoms with E-state index < -0.39 is 6.17 Å². The van der Waals surface area contributed by atoms with Gasteiger partial charge in [0.1, 0.15) is 6.17 Å². The normalized spacial score (nSPS) is 21.1. The third-order valence-electron chi connectivity index (χ3n) is 3.79. The second kappa shape index (κ2) is 10.1. The molecule has 20 heavy (non-hydrogen) atoms. The van der Waals surface area contributed by atoms with E-state index in [1.54, 1.807) is 0 Å². The summed E-state index contributed by atoms with van der Waals surface area (Å²) in [6, 6.07) is -0.275. The van der Waals surface area contributed by atoms with Gasteiger partial charge in [0.05, 0.1) is 12.6 Å². The van der Waals surface area contributed by atoms with Gasteiger partial charge < -0.3 is 10.4 Å². The molecule has 1 rings (SSSR count). The molecule has 0 aromatic carbocycles. The Bertz CT molecular complexity index is 277. The molecule has 118 valence electrons. The van der Waals surface area contributed by atoms with Gasteiger partial charge in [0.15, 0.2) is 0 Å². The first kappa shape index (κ1) is 17.4. The lowest BCUT2D eigenvalue weighted by atomic mass is 10.1. The molecule has 5 heteroatoms. The Morgan fingerprint density at radius 3 is 2.75 bits per heavy atom. The minimum absolute atomic E-state index is 0.00320. The van der Waals surface area contributed by atoms with Gasteiger partial charge in [0.25, 0.3) is 0 Å². The van der Waals surface area contributed by atoms with Crippen LogP contribution in [0, 0.1) is 0 Å². The number of rotatable bonds is 10. The fourth-order valence-electron chi connectivity index (χ4n) is 2.60. The molecule has 0 unspecified atom stereocenters. The van der Waals surface area contributed by atoms with Gasteiger partial charge in [-0.05, 0) is 12.8 Å². The predicted octanol–water partition coefficient (Wildman–Crippen LogP) is 1.87. The predicted molar refractivity (Wildman–Crippen MR) is 78.3 cm³/mol. The Labute approximate surface area is 121 Å². The molecule has 4 nitrogen and oxygen atoms in total. The van der Waals surface area contributed by atoms with E-state index in [2.05, 4.69) is 12.2 Å². The first-order valence-corrected chi connectivity index (χ1v) is 7.92. The molecule has 1 heterocycles. The summed E-state index contributed by atoms with van der Waals surface area (Å²) in [5.74, 6) is -0.00320. The van der Waals surface area contributed by atoms with E-state index in [0.717, 1.165) is 12.8 Å². The van der Waals surface area contributed by atoms with Crippen molar-refractivity contribution in [2.75, 3.05) is 26.2 Å². The van der Waals surface area contributed by atoms with Crippen LogP contribution in [0.25, 0.3) is 0 Å². The number of nitrogens with one attached hydrogen (secondary N) is 1. The molecule has 0 saturated carbocycles. The largest absolute Gasteiger partial charge is 0.394 e. The van der Waals surface area contributed by atoms with Crippen LogP contribution in [0.2, 0.25) is 0 Å². The lowest BCUT2D eigenvalue weighted by Crippen LogP contribution is -2.45. The summed E-state index contributed by atoms with van der Waals surface area (Å²) in [7, 11) is 0. The highest BCUT2D eigenvalue weighted by molar-refractivity contribution is 5.76. The van der Waals surface area contributed by atoms with Crippen molar-refractivity contribution in [3.8, 4) is 0 Å². The van der Waals surface area contributed by atoms with Gasteiger partial charge in [0.2, 0.25) is 5.91 Å². The quantitative estimate of drug-likeness (QED) is 0.603. The van der Waals surface area contributed by atoms with E-state index in [1.165, 1.54) is 19.3 Å². The number of likely N-dealkylation sites (tertiary alicyclic amines) is 1. The Morgan fingerprint density at radius 2 is 2.15 bits per heavy atom. The zero-order chi connectivity index (χ0) is 14.8. The van der Waals surface area contributed by atoms with Crippen LogP contribution in [0.4, 0.5) is 4.39 Å². The fraction of sp³-hybridized carbons (Fsp3) is 0.933. The summed E-state index contributed by atoms with van der Waals surface area (Å²) in [6.45, 7) is 3.75. The monoisotopic (exact) mass is 288 g/mol. The summed E-state index contributed by atoms with van der Waals surface area (Å²) >= 11 is 0. The summed E-state index contributed by atoms with van der Waals surface area (Å²) in [6.07, 6.45) is 5.91. The molecule has 2 atom stereocenters. The number of unbranched alkanes of at least 4 members (excludes halogenated alkanes) is 4. The maximum Gasteiger partial charge on any atom is 0.220 e. The number of hydrogen-bond donors (Lipinski definition) is 2. The average Bonchev–Trinajstić information content (AvgIpc) is 2.83. The minimum atomic E-state index is -0.761. The van der Waals surface area contributed by atoms with Crippen molar-refractivity contribution >= 4 is 5.91 Å². The molecule has 0 bridgehead atoms. The van der Waals surface area contributed by atoms with Crippen LogP contribution in [0.5, 0.6) is 0 Å². The van der Waals surface area contributed by atoms with Gasteiger partial charge in [-0.2, -0.15) is 0 Å². The molecule has 0 aromatic rings. The van der Waals surface area contributed by atoms with E-state index in [4.69, 9.17) is 0 Å². The maximum absolute atomic E-state index is 13.1. The third kappa shape index (κ3) is 7.20. The van der Waals surface area contributed by atoms with E-state index in [9.17, 15) is 14.3 Å². The van der Waals surface area contributed by atoms with Crippen LogP contribution >= 0.6 is 0 Å². The summed E-state index contributed by atoms with van der Waals surface area (Å²) in [5, 5.41) is 12.2. The number of nitrogens with zero attached hydrogens (tertiary/aromatic N) is 1. The molecule has 0 aliphatic carbocycles. The zero-order valence-corrected chi connectivity index (χ0v) is 12.6. The van der Waals surface area contributed by atoms with Gasteiger partial charge in [0, 0.05) is 26.1 Å². The van der Waals surface area contributed by atoms with Crippen LogP contribution in [0.3, 0.4) is 0 Å². The Balaban J connectivity index is 2.14. The van der Waals surface area contributed by atoms with Crippen molar-refractivity contribution < 1.29 is 14.3 Å². The molecule has 1 aliphatic rings. The molecule has 2 N–H and O–H groups in total. The highest BCUT2D eigenvalue weighted by Gasteiger charge is 2.24. The molecule has 0 aromatic heterocycles.